The van der Waals surface area contributed by atoms with Gasteiger partial charge in [-0.05, 0) is 37.1 Å². The Kier molecular flexibility index (Phi) is 5.28. The number of rotatable bonds is 5. The number of hydrogen-bond donors (Lipinski definition) is 2. The van der Waals surface area contributed by atoms with Gasteiger partial charge in [-0.3, -0.25) is 14.6 Å². The minimum absolute atomic E-state index is 0.0801. The summed E-state index contributed by atoms with van der Waals surface area (Å²) >= 11 is 0. The maximum absolute atomic E-state index is 12.6. The lowest BCUT2D eigenvalue weighted by atomic mass is 10.1. The summed E-state index contributed by atoms with van der Waals surface area (Å²) in [5.74, 6) is 0.291. The van der Waals surface area contributed by atoms with Gasteiger partial charge < -0.3 is 15.3 Å². The van der Waals surface area contributed by atoms with Crippen LogP contribution in [0.15, 0.2) is 42.6 Å². The van der Waals surface area contributed by atoms with Crippen LogP contribution in [0.25, 0.3) is 11.3 Å². The molecule has 0 radical (unpaired) electrons. The van der Waals surface area contributed by atoms with Crippen LogP contribution in [0.5, 0.6) is 5.75 Å². The largest absolute Gasteiger partial charge is 0.506 e. The third-order valence-electron chi connectivity index (χ3n) is 5.74. The van der Waals surface area contributed by atoms with Crippen molar-refractivity contribution in [3.63, 3.8) is 0 Å². The van der Waals surface area contributed by atoms with E-state index in [0.29, 0.717) is 35.8 Å². The fourth-order valence-corrected chi connectivity index (χ4v) is 4.28. The second-order valence-corrected chi connectivity index (χ2v) is 7.72. The van der Waals surface area contributed by atoms with Crippen LogP contribution in [-0.2, 0) is 4.79 Å². The Balaban J connectivity index is 1.37. The number of benzene rings is 1. The number of hydrogen-bond acceptors (Lipinski definition) is 4. The number of nitrogens with one attached hydrogen (secondary N) is 1. The first-order chi connectivity index (χ1) is 13.6. The highest BCUT2D eigenvalue weighted by molar-refractivity contribution is 5.95. The normalized spacial score (nSPS) is 19.9. The Morgan fingerprint density at radius 1 is 1.21 bits per heavy atom. The van der Waals surface area contributed by atoms with E-state index in [1.165, 1.54) is 12.8 Å². The molecule has 146 valence electrons. The van der Waals surface area contributed by atoms with Gasteiger partial charge in [0, 0.05) is 48.8 Å². The Bertz CT molecular complexity index is 877. The molecule has 6 heteroatoms. The van der Waals surface area contributed by atoms with Gasteiger partial charge in [0.25, 0.3) is 5.91 Å². The summed E-state index contributed by atoms with van der Waals surface area (Å²) in [7, 11) is 0. The van der Waals surface area contributed by atoms with Gasteiger partial charge in [-0.25, -0.2) is 0 Å². The van der Waals surface area contributed by atoms with Crippen LogP contribution in [0.1, 0.15) is 42.5 Å². The lowest BCUT2D eigenvalue weighted by molar-refractivity contribution is -0.129. The molecule has 2 fully saturated rings. The van der Waals surface area contributed by atoms with E-state index < -0.39 is 0 Å². The topological polar surface area (TPSA) is 82.5 Å². The van der Waals surface area contributed by atoms with Gasteiger partial charge in [0.05, 0.1) is 0 Å². The van der Waals surface area contributed by atoms with Crippen molar-refractivity contribution in [3.8, 4) is 17.0 Å². The summed E-state index contributed by atoms with van der Waals surface area (Å²) < 4.78 is 0. The molecule has 2 heterocycles. The number of amides is 2. The number of likely N-dealkylation sites (tertiary alicyclic amines) is 1. The van der Waals surface area contributed by atoms with E-state index in [0.717, 1.165) is 19.4 Å². The number of carbonyl (C=O) groups is 2. The predicted octanol–water partition coefficient (Wildman–Crippen LogP) is 2.98. The second kappa shape index (κ2) is 8.00. The first-order valence-electron chi connectivity index (χ1n) is 9.94. The molecule has 1 aliphatic heterocycles. The van der Waals surface area contributed by atoms with Crippen molar-refractivity contribution < 1.29 is 14.7 Å². The molecule has 0 bridgehead atoms. The highest BCUT2D eigenvalue weighted by atomic mass is 16.3. The van der Waals surface area contributed by atoms with E-state index in [-0.39, 0.29) is 23.5 Å². The van der Waals surface area contributed by atoms with Crippen LogP contribution < -0.4 is 5.32 Å². The average molecular weight is 379 g/mol. The molecule has 1 saturated heterocycles. The molecule has 0 spiro atoms. The Hall–Kier alpha value is -2.89. The van der Waals surface area contributed by atoms with Gasteiger partial charge in [0.2, 0.25) is 5.91 Å². The van der Waals surface area contributed by atoms with Crippen LogP contribution in [-0.4, -0.2) is 45.9 Å². The molecule has 28 heavy (non-hydrogen) atoms. The van der Waals surface area contributed by atoms with E-state index in [1.807, 2.05) is 11.0 Å². The van der Waals surface area contributed by atoms with Crippen LogP contribution >= 0.6 is 0 Å². The van der Waals surface area contributed by atoms with E-state index in [2.05, 4.69) is 10.3 Å². The van der Waals surface area contributed by atoms with Gasteiger partial charge in [-0.2, -0.15) is 0 Å². The van der Waals surface area contributed by atoms with Crippen LogP contribution in [0, 0.1) is 5.92 Å². The Morgan fingerprint density at radius 3 is 2.82 bits per heavy atom. The van der Waals surface area contributed by atoms with Gasteiger partial charge in [0.15, 0.2) is 0 Å². The van der Waals surface area contributed by atoms with E-state index in [4.69, 9.17) is 0 Å². The van der Waals surface area contributed by atoms with Crippen molar-refractivity contribution in [1.29, 1.82) is 0 Å². The monoisotopic (exact) mass is 379 g/mol. The molecular formula is C22H25N3O3. The van der Waals surface area contributed by atoms with Crippen molar-refractivity contribution in [2.24, 2.45) is 5.92 Å². The van der Waals surface area contributed by atoms with Gasteiger partial charge in [-0.15, -0.1) is 0 Å². The molecule has 0 unspecified atom stereocenters. The minimum Gasteiger partial charge on any atom is -0.506 e. The van der Waals surface area contributed by atoms with Crippen molar-refractivity contribution in [2.45, 2.75) is 38.1 Å². The van der Waals surface area contributed by atoms with Crippen LogP contribution in [0.4, 0.5) is 0 Å². The summed E-state index contributed by atoms with van der Waals surface area (Å²) in [6.45, 7) is 1.23. The summed E-state index contributed by atoms with van der Waals surface area (Å²) in [6, 6.07) is 10.7. The maximum Gasteiger partial charge on any atom is 0.251 e. The molecule has 2 amide bonds. The van der Waals surface area contributed by atoms with Gasteiger partial charge >= 0.3 is 0 Å². The molecule has 2 aromatic rings. The predicted molar refractivity (Wildman–Crippen MR) is 106 cm³/mol. The maximum atomic E-state index is 12.6. The molecule has 1 saturated carbocycles. The number of carbonyl (C=O) groups excluding carboxylic acids is 2. The van der Waals surface area contributed by atoms with Crippen molar-refractivity contribution in [2.75, 3.05) is 13.1 Å². The molecule has 2 aliphatic rings. The molecule has 1 aromatic carbocycles. The van der Waals surface area contributed by atoms with Crippen LogP contribution in [0.2, 0.25) is 0 Å². The highest BCUT2D eigenvalue weighted by Crippen LogP contribution is 2.29. The van der Waals surface area contributed by atoms with E-state index in [1.54, 1.807) is 36.5 Å². The Labute approximate surface area is 164 Å². The van der Waals surface area contributed by atoms with Gasteiger partial charge in [-0.1, -0.05) is 25.0 Å². The van der Waals surface area contributed by atoms with Crippen molar-refractivity contribution in [3.05, 3.63) is 48.2 Å². The first-order valence-corrected chi connectivity index (χ1v) is 9.94. The summed E-state index contributed by atoms with van der Waals surface area (Å²) in [5.41, 5.74) is 1.65. The van der Waals surface area contributed by atoms with Crippen molar-refractivity contribution >= 4 is 11.8 Å². The quantitative estimate of drug-likeness (QED) is 0.837. The highest BCUT2D eigenvalue weighted by Gasteiger charge is 2.35. The van der Waals surface area contributed by atoms with Crippen molar-refractivity contribution in [1.82, 2.24) is 15.2 Å². The molecular weight excluding hydrogens is 354 g/mol. The molecule has 6 nitrogen and oxygen atoms in total. The SMILES string of the molecule is O=C(NC[C@H]1CC(=O)N(C2CCCC2)C1)c1cccc(-c2ncccc2O)c1. The number of nitrogens with zero attached hydrogens (tertiary/aromatic N) is 2. The third kappa shape index (κ3) is 3.86. The van der Waals surface area contributed by atoms with Crippen LogP contribution in [0.3, 0.4) is 0 Å². The molecule has 1 atom stereocenters. The third-order valence-corrected chi connectivity index (χ3v) is 5.74. The van der Waals surface area contributed by atoms with E-state index in [9.17, 15) is 14.7 Å². The summed E-state index contributed by atoms with van der Waals surface area (Å²) in [6.07, 6.45) is 6.75. The smallest absolute Gasteiger partial charge is 0.251 e. The number of pyridine rings is 1. The zero-order valence-corrected chi connectivity index (χ0v) is 15.8. The second-order valence-electron chi connectivity index (χ2n) is 7.72. The molecule has 2 N–H and O–H groups in total. The molecule has 1 aromatic heterocycles. The summed E-state index contributed by atoms with van der Waals surface area (Å²) in [4.78, 5) is 31.1. The number of aromatic hydroxyl groups is 1. The molecule has 4 rings (SSSR count). The molecule has 1 aliphatic carbocycles. The zero-order valence-electron chi connectivity index (χ0n) is 15.8. The Morgan fingerprint density at radius 2 is 2.04 bits per heavy atom. The minimum atomic E-state index is -0.177. The lowest BCUT2D eigenvalue weighted by Crippen LogP contribution is -2.36. The van der Waals surface area contributed by atoms with E-state index >= 15 is 0 Å². The number of aromatic nitrogens is 1. The van der Waals surface area contributed by atoms with Gasteiger partial charge in [0.1, 0.15) is 11.4 Å². The fraction of sp³-hybridized carbons (Fsp3) is 0.409. The fourth-order valence-electron chi connectivity index (χ4n) is 4.28. The average Bonchev–Trinajstić information content (AvgIpc) is 3.36. The zero-order chi connectivity index (χ0) is 19.5. The lowest BCUT2D eigenvalue weighted by Gasteiger charge is -2.24. The summed E-state index contributed by atoms with van der Waals surface area (Å²) in [5, 5.41) is 12.9. The first kappa shape index (κ1) is 18.5. The standard InChI is InChI=1S/C22H25N3O3/c26-19-9-4-10-23-21(19)16-5-3-6-17(12-16)22(28)24-13-15-11-20(27)25(14-15)18-7-1-2-8-18/h3-6,9-10,12,15,18,26H,1-2,7-8,11,13-14H2,(H,24,28)/t15-/m1/s1.